The van der Waals surface area contributed by atoms with Crippen molar-refractivity contribution in [1.82, 2.24) is 0 Å². The molecule has 2 aromatic carbocycles. The molecule has 0 aromatic heterocycles. The van der Waals surface area contributed by atoms with Crippen molar-refractivity contribution >= 4 is 23.1 Å². The van der Waals surface area contributed by atoms with Crippen LogP contribution in [0.2, 0.25) is 0 Å². The SMILES string of the molecule is Nc1cccc(NC(=O)Nc2cc(F)cc(F)c2F)c1. The number of nitrogen functional groups attached to an aromatic ring is 1. The molecule has 0 aliphatic heterocycles. The highest BCUT2D eigenvalue weighted by Crippen LogP contribution is 2.19. The second-order valence-corrected chi connectivity index (χ2v) is 3.95. The summed E-state index contributed by atoms with van der Waals surface area (Å²) in [4.78, 5) is 11.6. The summed E-state index contributed by atoms with van der Waals surface area (Å²) in [6.45, 7) is 0. The molecule has 0 radical (unpaired) electrons. The first-order valence-electron chi connectivity index (χ1n) is 5.54. The number of nitrogens with one attached hydrogen (secondary N) is 2. The fraction of sp³-hybridized carbons (Fsp3) is 0. The molecule has 2 amide bonds. The molecule has 104 valence electrons. The number of nitrogens with two attached hydrogens (primary N) is 1. The lowest BCUT2D eigenvalue weighted by Crippen LogP contribution is -2.20. The summed E-state index contributed by atoms with van der Waals surface area (Å²) in [6.07, 6.45) is 0. The van der Waals surface area contributed by atoms with Crippen molar-refractivity contribution in [3.05, 3.63) is 53.8 Å². The Bertz CT molecular complexity index is 661. The summed E-state index contributed by atoms with van der Waals surface area (Å²) < 4.78 is 39.3. The van der Waals surface area contributed by atoms with Gasteiger partial charge in [0.2, 0.25) is 0 Å². The number of anilines is 3. The van der Waals surface area contributed by atoms with Gasteiger partial charge in [0.05, 0.1) is 5.69 Å². The molecular formula is C13H10F3N3O. The average Bonchev–Trinajstić information content (AvgIpc) is 2.35. The Morgan fingerprint density at radius 1 is 1.05 bits per heavy atom. The third-order valence-electron chi connectivity index (χ3n) is 2.39. The van der Waals surface area contributed by atoms with E-state index in [0.717, 1.165) is 0 Å². The van der Waals surface area contributed by atoms with Crippen LogP contribution < -0.4 is 16.4 Å². The smallest absolute Gasteiger partial charge is 0.323 e. The van der Waals surface area contributed by atoms with Gasteiger partial charge in [0.25, 0.3) is 0 Å². The normalized spacial score (nSPS) is 10.2. The maximum atomic E-state index is 13.3. The fourth-order valence-electron chi connectivity index (χ4n) is 1.55. The standard InChI is InChI=1S/C13H10F3N3O/c14-7-4-10(15)12(16)11(5-7)19-13(20)18-9-3-1-2-8(17)6-9/h1-6H,17H2,(H2,18,19,20). The molecule has 0 aliphatic carbocycles. The van der Waals surface area contributed by atoms with Gasteiger partial charge in [-0.15, -0.1) is 0 Å². The third-order valence-corrected chi connectivity index (χ3v) is 2.39. The quantitative estimate of drug-likeness (QED) is 0.584. The number of halogens is 3. The van der Waals surface area contributed by atoms with Gasteiger partial charge in [0.15, 0.2) is 11.6 Å². The molecule has 7 heteroatoms. The van der Waals surface area contributed by atoms with Crippen molar-refractivity contribution in [3.63, 3.8) is 0 Å². The van der Waals surface area contributed by atoms with Gasteiger partial charge in [-0.1, -0.05) is 6.07 Å². The number of rotatable bonds is 2. The van der Waals surface area contributed by atoms with E-state index in [0.29, 0.717) is 23.5 Å². The van der Waals surface area contributed by atoms with Gasteiger partial charge >= 0.3 is 6.03 Å². The van der Waals surface area contributed by atoms with E-state index in [2.05, 4.69) is 5.32 Å². The Morgan fingerprint density at radius 3 is 2.50 bits per heavy atom. The predicted molar refractivity (Wildman–Crippen MR) is 69.8 cm³/mol. The highest BCUT2D eigenvalue weighted by atomic mass is 19.2. The van der Waals surface area contributed by atoms with Crippen LogP contribution in [0.25, 0.3) is 0 Å². The first-order chi connectivity index (χ1) is 9.45. The van der Waals surface area contributed by atoms with Crippen molar-refractivity contribution in [2.75, 3.05) is 16.4 Å². The predicted octanol–water partition coefficient (Wildman–Crippen LogP) is 3.33. The first kappa shape index (κ1) is 13.7. The van der Waals surface area contributed by atoms with Crippen LogP contribution in [0, 0.1) is 17.5 Å². The summed E-state index contributed by atoms with van der Waals surface area (Å²) in [7, 11) is 0. The van der Waals surface area contributed by atoms with Crippen molar-refractivity contribution < 1.29 is 18.0 Å². The van der Waals surface area contributed by atoms with Gasteiger partial charge < -0.3 is 16.4 Å². The Morgan fingerprint density at radius 2 is 1.80 bits per heavy atom. The lowest BCUT2D eigenvalue weighted by Gasteiger charge is -2.09. The molecule has 2 rings (SSSR count). The van der Waals surface area contributed by atoms with Crippen molar-refractivity contribution in [2.45, 2.75) is 0 Å². The van der Waals surface area contributed by atoms with E-state index < -0.39 is 29.2 Å². The lowest BCUT2D eigenvalue weighted by molar-refractivity contribution is 0.262. The van der Waals surface area contributed by atoms with E-state index >= 15 is 0 Å². The molecular weight excluding hydrogens is 271 g/mol. The zero-order valence-electron chi connectivity index (χ0n) is 10.1. The second kappa shape index (κ2) is 5.52. The molecule has 20 heavy (non-hydrogen) atoms. The molecule has 0 atom stereocenters. The lowest BCUT2D eigenvalue weighted by atomic mass is 10.2. The average molecular weight is 281 g/mol. The van der Waals surface area contributed by atoms with Gasteiger partial charge in [-0.25, -0.2) is 18.0 Å². The number of hydrogen-bond acceptors (Lipinski definition) is 2. The Balaban J connectivity index is 2.12. The maximum absolute atomic E-state index is 13.3. The summed E-state index contributed by atoms with van der Waals surface area (Å²) in [5, 5.41) is 4.37. The number of carbonyl (C=O) groups is 1. The minimum Gasteiger partial charge on any atom is -0.399 e. The summed E-state index contributed by atoms with van der Waals surface area (Å²) in [5.74, 6) is -3.72. The molecule has 0 heterocycles. The van der Waals surface area contributed by atoms with Gasteiger partial charge in [0, 0.05) is 23.5 Å². The first-order valence-corrected chi connectivity index (χ1v) is 5.54. The van der Waals surface area contributed by atoms with Crippen LogP contribution in [-0.4, -0.2) is 6.03 Å². The van der Waals surface area contributed by atoms with E-state index in [-0.39, 0.29) is 0 Å². The van der Waals surface area contributed by atoms with Crippen LogP contribution in [0.15, 0.2) is 36.4 Å². The van der Waals surface area contributed by atoms with Crippen LogP contribution in [0.1, 0.15) is 0 Å². The number of benzene rings is 2. The molecule has 0 saturated carbocycles. The van der Waals surface area contributed by atoms with Crippen LogP contribution >= 0.6 is 0 Å². The maximum Gasteiger partial charge on any atom is 0.323 e. The topological polar surface area (TPSA) is 67.1 Å². The number of amides is 2. The van der Waals surface area contributed by atoms with Gasteiger partial charge in [-0.3, -0.25) is 0 Å². The van der Waals surface area contributed by atoms with E-state index in [1.54, 1.807) is 18.2 Å². The Labute approximate surface area is 112 Å². The molecule has 0 fully saturated rings. The zero-order chi connectivity index (χ0) is 14.7. The molecule has 0 spiro atoms. The largest absolute Gasteiger partial charge is 0.399 e. The minimum absolute atomic E-state index is 0.361. The van der Waals surface area contributed by atoms with Crippen molar-refractivity contribution in [3.8, 4) is 0 Å². The summed E-state index contributed by atoms with van der Waals surface area (Å²) >= 11 is 0. The van der Waals surface area contributed by atoms with E-state index in [4.69, 9.17) is 5.73 Å². The van der Waals surface area contributed by atoms with Crippen LogP contribution in [0.3, 0.4) is 0 Å². The Kier molecular flexibility index (Phi) is 3.79. The number of hydrogen-bond donors (Lipinski definition) is 3. The fourth-order valence-corrected chi connectivity index (χ4v) is 1.55. The highest BCUT2D eigenvalue weighted by Gasteiger charge is 2.13. The molecule has 0 bridgehead atoms. The van der Waals surface area contributed by atoms with E-state index in [1.165, 1.54) is 6.07 Å². The molecule has 4 N–H and O–H groups in total. The molecule has 0 aliphatic rings. The number of carbonyl (C=O) groups excluding carboxylic acids is 1. The number of urea groups is 1. The van der Waals surface area contributed by atoms with Gasteiger partial charge in [0.1, 0.15) is 5.82 Å². The monoisotopic (exact) mass is 281 g/mol. The molecule has 2 aromatic rings. The van der Waals surface area contributed by atoms with Gasteiger partial charge in [-0.05, 0) is 18.2 Å². The Hall–Kier alpha value is -2.70. The van der Waals surface area contributed by atoms with Gasteiger partial charge in [-0.2, -0.15) is 0 Å². The highest BCUT2D eigenvalue weighted by molar-refractivity contribution is 6.00. The van der Waals surface area contributed by atoms with Crippen LogP contribution in [-0.2, 0) is 0 Å². The summed E-state index contributed by atoms with van der Waals surface area (Å²) in [5.41, 5.74) is 5.71. The van der Waals surface area contributed by atoms with Crippen molar-refractivity contribution in [1.29, 1.82) is 0 Å². The van der Waals surface area contributed by atoms with Crippen LogP contribution in [0.4, 0.5) is 35.0 Å². The van der Waals surface area contributed by atoms with E-state index in [1.807, 2.05) is 5.32 Å². The van der Waals surface area contributed by atoms with E-state index in [9.17, 15) is 18.0 Å². The molecule has 0 saturated heterocycles. The molecule has 0 unspecified atom stereocenters. The molecule has 4 nitrogen and oxygen atoms in total. The third kappa shape index (κ3) is 3.19. The van der Waals surface area contributed by atoms with Crippen LogP contribution in [0.5, 0.6) is 0 Å². The summed E-state index contributed by atoms with van der Waals surface area (Å²) in [6, 6.07) is 6.46. The van der Waals surface area contributed by atoms with Crippen molar-refractivity contribution in [2.24, 2.45) is 0 Å². The minimum atomic E-state index is -1.38. The zero-order valence-corrected chi connectivity index (χ0v) is 10.1. The second-order valence-electron chi connectivity index (χ2n) is 3.95.